The molecule has 0 saturated carbocycles. The molecule has 1 N–H and O–H groups in total. The largest absolute Gasteiger partial charge is 0.489 e. The summed E-state index contributed by atoms with van der Waals surface area (Å²) in [4.78, 5) is 22.4. The van der Waals surface area contributed by atoms with Gasteiger partial charge in [0, 0.05) is 6.08 Å². The predicted octanol–water partition coefficient (Wildman–Crippen LogP) is 2.57. The molecule has 0 radical (unpaired) electrons. The van der Waals surface area contributed by atoms with Crippen LogP contribution in [0.25, 0.3) is 6.08 Å². The first-order valence-electron chi connectivity index (χ1n) is 7.47. The minimum atomic E-state index is -0.489. The van der Waals surface area contributed by atoms with Crippen molar-refractivity contribution in [3.05, 3.63) is 71.8 Å². The van der Waals surface area contributed by atoms with Crippen LogP contribution in [-0.4, -0.2) is 25.5 Å². The van der Waals surface area contributed by atoms with Crippen LogP contribution in [0, 0.1) is 0 Å². The van der Waals surface area contributed by atoms with E-state index in [0.29, 0.717) is 6.61 Å². The lowest BCUT2D eigenvalue weighted by molar-refractivity contribution is -0.140. The molecule has 0 aliphatic rings. The molecule has 0 fully saturated rings. The van der Waals surface area contributed by atoms with Gasteiger partial charge in [-0.3, -0.25) is 9.59 Å². The molecule has 0 aromatic heterocycles. The second-order valence-electron chi connectivity index (χ2n) is 4.97. The lowest BCUT2D eigenvalue weighted by Crippen LogP contribution is -2.28. The van der Waals surface area contributed by atoms with Gasteiger partial charge in [-0.2, -0.15) is 0 Å². The van der Waals surface area contributed by atoms with Crippen molar-refractivity contribution < 1.29 is 19.1 Å². The average molecular weight is 325 g/mol. The molecule has 124 valence electrons. The molecule has 0 atom stereocenters. The van der Waals surface area contributed by atoms with Gasteiger partial charge in [0.2, 0.25) is 5.91 Å². The van der Waals surface area contributed by atoms with Gasteiger partial charge in [0.25, 0.3) is 0 Å². The monoisotopic (exact) mass is 325 g/mol. The van der Waals surface area contributed by atoms with Crippen molar-refractivity contribution in [3.63, 3.8) is 0 Å². The molecule has 1 amide bonds. The summed E-state index contributed by atoms with van der Waals surface area (Å²) in [5.41, 5.74) is 1.96. The Balaban J connectivity index is 1.82. The molecule has 24 heavy (non-hydrogen) atoms. The van der Waals surface area contributed by atoms with Crippen molar-refractivity contribution in [3.8, 4) is 5.75 Å². The van der Waals surface area contributed by atoms with Gasteiger partial charge in [-0.1, -0.05) is 42.5 Å². The first kappa shape index (κ1) is 17.3. The molecule has 0 saturated heterocycles. The maximum absolute atomic E-state index is 11.5. The van der Waals surface area contributed by atoms with E-state index in [1.165, 1.54) is 13.2 Å². The maximum Gasteiger partial charge on any atom is 0.325 e. The fraction of sp³-hybridized carbons (Fsp3) is 0.158. The van der Waals surface area contributed by atoms with E-state index in [9.17, 15) is 9.59 Å². The van der Waals surface area contributed by atoms with Crippen LogP contribution in [0.3, 0.4) is 0 Å². The van der Waals surface area contributed by atoms with Gasteiger partial charge in [0.05, 0.1) is 7.11 Å². The number of hydrogen-bond donors (Lipinski definition) is 1. The van der Waals surface area contributed by atoms with Crippen LogP contribution in [0.2, 0.25) is 0 Å². The minimum absolute atomic E-state index is 0.147. The summed E-state index contributed by atoms with van der Waals surface area (Å²) >= 11 is 0. The minimum Gasteiger partial charge on any atom is -0.489 e. The Morgan fingerprint density at radius 1 is 1.04 bits per heavy atom. The van der Waals surface area contributed by atoms with Crippen LogP contribution in [0.1, 0.15) is 11.1 Å². The summed E-state index contributed by atoms with van der Waals surface area (Å²) in [6.45, 7) is 0.359. The summed E-state index contributed by atoms with van der Waals surface area (Å²) in [6, 6.07) is 17.3. The highest BCUT2D eigenvalue weighted by atomic mass is 16.5. The molecule has 0 aliphatic carbocycles. The highest BCUT2D eigenvalue weighted by molar-refractivity contribution is 5.93. The van der Waals surface area contributed by atoms with Crippen LogP contribution in [0.4, 0.5) is 0 Å². The van der Waals surface area contributed by atoms with Crippen LogP contribution in [0.15, 0.2) is 60.7 Å². The smallest absolute Gasteiger partial charge is 0.325 e. The molecule has 2 rings (SSSR count). The summed E-state index contributed by atoms with van der Waals surface area (Å²) in [5, 5.41) is 2.43. The third-order valence-electron chi connectivity index (χ3n) is 3.19. The standard InChI is InChI=1S/C19H19NO4/c1-23-19(22)13-20-18(21)12-9-15-7-10-17(11-8-15)24-14-16-5-3-2-4-6-16/h2-12H,13-14H2,1H3,(H,20,21)/b12-9+. The zero-order valence-corrected chi connectivity index (χ0v) is 13.4. The molecule has 0 aliphatic heterocycles. The molecule has 0 bridgehead atoms. The highest BCUT2D eigenvalue weighted by Gasteiger charge is 2.01. The number of rotatable bonds is 7. The van der Waals surface area contributed by atoms with E-state index in [0.717, 1.165) is 16.9 Å². The van der Waals surface area contributed by atoms with E-state index < -0.39 is 5.97 Å². The molecule has 0 unspecified atom stereocenters. The number of methoxy groups -OCH3 is 1. The molecular weight excluding hydrogens is 306 g/mol. The lowest BCUT2D eigenvalue weighted by atomic mass is 10.2. The summed E-state index contributed by atoms with van der Waals surface area (Å²) < 4.78 is 10.1. The Kier molecular flexibility index (Phi) is 6.58. The zero-order chi connectivity index (χ0) is 17.2. The van der Waals surface area contributed by atoms with E-state index >= 15 is 0 Å². The summed E-state index contributed by atoms with van der Waals surface area (Å²) in [6.07, 6.45) is 3.02. The van der Waals surface area contributed by atoms with Crippen LogP contribution in [-0.2, 0) is 20.9 Å². The Morgan fingerprint density at radius 2 is 1.75 bits per heavy atom. The van der Waals surface area contributed by atoms with E-state index in [-0.39, 0.29) is 12.5 Å². The summed E-state index contributed by atoms with van der Waals surface area (Å²) in [5.74, 6) is -0.0902. The molecule has 5 nitrogen and oxygen atoms in total. The van der Waals surface area contributed by atoms with Gasteiger partial charge in [0.15, 0.2) is 0 Å². The fourth-order valence-electron chi connectivity index (χ4n) is 1.88. The zero-order valence-electron chi connectivity index (χ0n) is 13.4. The van der Waals surface area contributed by atoms with Crippen LogP contribution >= 0.6 is 0 Å². The van der Waals surface area contributed by atoms with Gasteiger partial charge < -0.3 is 14.8 Å². The highest BCUT2D eigenvalue weighted by Crippen LogP contribution is 2.15. The van der Waals surface area contributed by atoms with E-state index in [1.807, 2.05) is 54.6 Å². The van der Waals surface area contributed by atoms with Crippen molar-refractivity contribution in [2.45, 2.75) is 6.61 Å². The molecular formula is C19H19NO4. The van der Waals surface area contributed by atoms with Gasteiger partial charge in [-0.05, 0) is 29.3 Å². The number of carbonyl (C=O) groups is 2. The second-order valence-corrected chi connectivity index (χ2v) is 4.97. The second kappa shape index (κ2) is 9.15. The average Bonchev–Trinajstić information content (AvgIpc) is 2.64. The lowest BCUT2D eigenvalue weighted by Gasteiger charge is -2.06. The van der Waals surface area contributed by atoms with Gasteiger partial charge >= 0.3 is 5.97 Å². The number of amides is 1. The Bertz CT molecular complexity index is 693. The SMILES string of the molecule is COC(=O)CNC(=O)/C=C/c1ccc(OCc2ccccc2)cc1. The first-order chi connectivity index (χ1) is 11.7. The van der Waals surface area contributed by atoms with Crippen molar-refractivity contribution >= 4 is 18.0 Å². The summed E-state index contributed by atoms with van der Waals surface area (Å²) in [7, 11) is 1.27. The third-order valence-corrected chi connectivity index (χ3v) is 3.19. The molecule has 5 heteroatoms. The molecule has 0 spiro atoms. The van der Waals surface area contributed by atoms with Crippen molar-refractivity contribution in [1.29, 1.82) is 0 Å². The molecule has 2 aromatic carbocycles. The normalized spacial score (nSPS) is 10.4. The van der Waals surface area contributed by atoms with Gasteiger partial charge in [-0.15, -0.1) is 0 Å². The number of esters is 1. The van der Waals surface area contributed by atoms with Crippen LogP contribution in [0.5, 0.6) is 5.75 Å². The van der Waals surface area contributed by atoms with Gasteiger partial charge in [0.1, 0.15) is 18.9 Å². The Labute approximate surface area is 140 Å². The van der Waals surface area contributed by atoms with E-state index in [4.69, 9.17) is 4.74 Å². The van der Waals surface area contributed by atoms with E-state index in [1.54, 1.807) is 6.08 Å². The van der Waals surface area contributed by atoms with Gasteiger partial charge in [-0.25, -0.2) is 0 Å². The number of hydrogen-bond acceptors (Lipinski definition) is 4. The quantitative estimate of drug-likeness (QED) is 0.628. The van der Waals surface area contributed by atoms with Crippen LogP contribution < -0.4 is 10.1 Å². The number of carbonyl (C=O) groups excluding carboxylic acids is 2. The topological polar surface area (TPSA) is 64.6 Å². The Morgan fingerprint density at radius 3 is 2.42 bits per heavy atom. The van der Waals surface area contributed by atoms with Crippen molar-refractivity contribution in [2.24, 2.45) is 0 Å². The number of ether oxygens (including phenoxy) is 2. The number of benzene rings is 2. The molecule has 2 aromatic rings. The third kappa shape index (κ3) is 5.96. The first-order valence-corrected chi connectivity index (χ1v) is 7.47. The Hall–Kier alpha value is -3.08. The maximum atomic E-state index is 11.5. The fourth-order valence-corrected chi connectivity index (χ4v) is 1.88. The van der Waals surface area contributed by atoms with Crippen molar-refractivity contribution in [1.82, 2.24) is 5.32 Å². The predicted molar refractivity (Wildman–Crippen MR) is 91.3 cm³/mol. The number of nitrogens with one attached hydrogen (secondary N) is 1. The van der Waals surface area contributed by atoms with E-state index in [2.05, 4.69) is 10.1 Å². The van der Waals surface area contributed by atoms with Crippen molar-refractivity contribution in [2.75, 3.05) is 13.7 Å². The molecule has 0 heterocycles.